The molecule has 3 N–H and O–H groups in total. The topological polar surface area (TPSA) is 74.2 Å². The number of nitrogens with one attached hydrogen (secondary N) is 2. The van der Waals surface area contributed by atoms with Crippen molar-refractivity contribution in [3.05, 3.63) is 11.1 Å². The largest absolute Gasteiger partial charge is 0.394 e. The van der Waals surface area contributed by atoms with Gasteiger partial charge in [-0.1, -0.05) is 20.8 Å². The molecule has 1 atom stereocenters. The maximum absolute atomic E-state index is 11.5. The summed E-state index contributed by atoms with van der Waals surface area (Å²) >= 11 is 1.41. The molecular formula is C12H21N3O2S. The van der Waals surface area contributed by atoms with Gasteiger partial charge in [0, 0.05) is 5.38 Å². The van der Waals surface area contributed by atoms with E-state index < -0.39 is 0 Å². The number of hydrogen-bond acceptors (Lipinski definition) is 4. The molecule has 0 aromatic carbocycles. The molecule has 0 aliphatic rings. The molecular weight excluding hydrogens is 250 g/mol. The zero-order chi connectivity index (χ0) is 13.8. The molecule has 1 rings (SSSR count). The van der Waals surface area contributed by atoms with Crippen LogP contribution in [-0.4, -0.2) is 28.8 Å². The fraction of sp³-hybridized carbons (Fsp3) is 0.667. The van der Waals surface area contributed by atoms with Gasteiger partial charge in [-0.05, 0) is 18.8 Å². The van der Waals surface area contributed by atoms with Crippen molar-refractivity contribution in [1.29, 1.82) is 0 Å². The van der Waals surface area contributed by atoms with Gasteiger partial charge in [-0.2, -0.15) is 0 Å². The molecule has 1 unspecified atom stereocenters. The van der Waals surface area contributed by atoms with Crippen LogP contribution >= 0.6 is 11.3 Å². The molecule has 1 heterocycles. The van der Waals surface area contributed by atoms with Gasteiger partial charge in [0.1, 0.15) is 0 Å². The highest BCUT2D eigenvalue weighted by molar-refractivity contribution is 7.13. The minimum atomic E-state index is -0.340. The summed E-state index contributed by atoms with van der Waals surface area (Å²) in [4.78, 5) is 15.9. The minimum Gasteiger partial charge on any atom is -0.394 e. The van der Waals surface area contributed by atoms with Gasteiger partial charge >= 0.3 is 6.03 Å². The molecule has 1 aromatic rings. The monoisotopic (exact) mass is 271 g/mol. The van der Waals surface area contributed by atoms with E-state index in [1.165, 1.54) is 11.3 Å². The van der Waals surface area contributed by atoms with Gasteiger partial charge < -0.3 is 10.4 Å². The Morgan fingerprint density at radius 2 is 2.22 bits per heavy atom. The van der Waals surface area contributed by atoms with Crippen LogP contribution in [-0.2, 0) is 6.42 Å². The van der Waals surface area contributed by atoms with E-state index in [1.54, 1.807) is 6.92 Å². The molecule has 0 aliphatic carbocycles. The van der Waals surface area contributed by atoms with E-state index in [9.17, 15) is 4.79 Å². The van der Waals surface area contributed by atoms with Gasteiger partial charge in [0.25, 0.3) is 0 Å². The zero-order valence-corrected chi connectivity index (χ0v) is 12.1. The van der Waals surface area contributed by atoms with Crippen molar-refractivity contribution >= 4 is 22.5 Å². The van der Waals surface area contributed by atoms with Crippen molar-refractivity contribution in [3.8, 4) is 0 Å². The van der Waals surface area contributed by atoms with Crippen LogP contribution in [0.5, 0.6) is 0 Å². The second-order valence-corrected chi connectivity index (χ2v) is 6.42. The molecule has 0 saturated carbocycles. The summed E-state index contributed by atoms with van der Waals surface area (Å²) in [5.74, 6) is 0. The maximum Gasteiger partial charge on any atom is 0.321 e. The molecule has 0 radical (unpaired) electrons. The zero-order valence-electron chi connectivity index (χ0n) is 11.3. The molecule has 0 aliphatic heterocycles. The Kier molecular flexibility index (Phi) is 5.10. The third kappa shape index (κ3) is 5.46. The smallest absolute Gasteiger partial charge is 0.321 e. The normalized spacial score (nSPS) is 13.2. The fourth-order valence-corrected chi connectivity index (χ4v) is 2.10. The van der Waals surface area contributed by atoms with Crippen LogP contribution in [0.2, 0.25) is 0 Å². The Labute approximate surface area is 112 Å². The van der Waals surface area contributed by atoms with Crippen molar-refractivity contribution in [2.75, 3.05) is 11.9 Å². The van der Waals surface area contributed by atoms with Gasteiger partial charge in [0.05, 0.1) is 18.3 Å². The molecule has 1 aromatic heterocycles. The van der Waals surface area contributed by atoms with Crippen LogP contribution in [0.1, 0.15) is 33.4 Å². The number of amides is 2. The lowest BCUT2D eigenvalue weighted by Crippen LogP contribution is -2.38. The molecule has 2 amide bonds. The summed E-state index contributed by atoms with van der Waals surface area (Å²) in [6, 6.07) is -0.604. The van der Waals surface area contributed by atoms with Crippen molar-refractivity contribution in [3.63, 3.8) is 0 Å². The first kappa shape index (κ1) is 14.9. The Morgan fingerprint density at radius 3 is 2.78 bits per heavy atom. The van der Waals surface area contributed by atoms with Crippen LogP contribution < -0.4 is 10.6 Å². The van der Waals surface area contributed by atoms with E-state index in [2.05, 4.69) is 36.4 Å². The lowest BCUT2D eigenvalue weighted by Gasteiger charge is -2.15. The van der Waals surface area contributed by atoms with Gasteiger partial charge in [-0.25, -0.2) is 9.78 Å². The number of aliphatic hydroxyl groups excluding tert-OH is 1. The summed E-state index contributed by atoms with van der Waals surface area (Å²) < 4.78 is 0. The number of urea groups is 1. The van der Waals surface area contributed by atoms with Crippen molar-refractivity contribution in [1.82, 2.24) is 10.3 Å². The predicted molar refractivity (Wildman–Crippen MR) is 74.0 cm³/mol. The first-order valence-corrected chi connectivity index (χ1v) is 6.81. The Hall–Kier alpha value is -1.14. The average Bonchev–Trinajstić information content (AvgIpc) is 2.62. The van der Waals surface area contributed by atoms with E-state index in [0.717, 1.165) is 12.1 Å². The summed E-state index contributed by atoms with van der Waals surface area (Å²) in [5, 5.41) is 16.6. The van der Waals surface area contributed by atoms with Crippen LogP contribution in [0, 0.1) is 5.41 Å². The minimum absolute atomic E-state index is 0.0828. The Balaban J connectivity index is 2.51. The van der Waals surface area contributed by atoms with Gasteiger partial charge in [-0.3, -0.25) is 5.32 Å². The summed E-state index contributed by atoms with van der Waals surface area (Å²) in [5.41, 5.74) is 1.16. The maximum atomic E-state index is 11.5. The molecule has 18 heavy (non-hydrogen) atoms. The number of thiazole rings is 1. The van der Waals surface area contributed by atoms with Crippen LogP contribution in [0.3, 0.4) is 0 Å². The van der Waals surface area contributed by atoms with Crippen LogP contribution in [0.15, 0.2) is 5.38 Å². The highest BCUT2D eigenvalue weighted by atomic mass is 32.1. The predicted octanol–water partition coefficient (Wildman–Crippen LogP) is 2.23. The number of hydrogen-bond donors (Lipinski definition) is 3. The SMILES string of the molecule is CC(CO)NC(=O)Nc1nc(CC(C)(C)C)cs1. The van der Waals surface area contributed by atoms with E-state index in [1.807, 2.05) is 5.38 Å². The van der Waals surface area contributed by atoms with Crippen LogP contribution in [0.25, 0.3) is 0 Å². The van der Waals surface area contributed by atoms with E-state index in [0.29, 0.717) is 5.13 Å². The molecule has 6 heteroatoms. The molecule has 102 valence electrons. The molecule has 0 spiro atoms. The Bertz CT molecular complexity index is 398. The first-order chi connectivity index (χ1) is 8.30. The molecule has 5 nitrogen and oxygen atoms in total. The molecule has 0 bridgehead atoms. The van der Waals surface area contributed by atoms with Gasteiger partial charge in [-0.15, -0.1) is 11.3 Å². The second-order valence-electron chi connectivity index (χ2n) is 5.56. The number of aliphatic hydroxyl groups is 1. The third-order valence-electron chi connectivity index (χ3n) is 2.14. The Morgan fingerprint density at radius 1 is 1.56 bits per heavy atom. The van der Waals surface area contributed by atoms with Gasteiger partial charge in [0.15, 0.2) is 5.13 Å². The fourth-order valence-electron chi connectivity index (χ4n) is 1.39. The first-order valence-electron chi connectivity index (χ1n) is 5.93. The van der Waals surface area contributed by atoms with Crippen LogP contribution in [0.4, 0.5) is 9.93 Å². The standard InChI is InChI=1S/C12H21N3O2S/c1-8(6-16)13-10(17)15-11-14-9(7-18-11)5-12(2,3)4/h7-8,16H,5-6H2,1-4H3,(H2,13,14,15,17). The number of rotatable bonds is 4. The number of nitrogens with zero attached hydrogens (tertiary/aromatic N) is 1. The quantitative estimate of drug-likeness (QED) is 0.786. The third-order valence-corrected chi connectivity index (χ3v) is 2.94. The van der Waals surface area contributed by atoms with E-state index in [4.69, 9.17) is 5.11 Å². The number of aromatic nitrogens is 1. The highest BCUT2D eigenvalue weighted by Crippen LogP contribution is 2.23. The number of carbonyl (C=O) groups is 1. The van der Waals surface area contributed by atoms with E-state index in [-0.39, 0.29) is 24.1 Å². The average molecular weight is 271 g/mol. The van der Waals surface area contributed by atoms with Gasteiger partial charge in [0.2, 0.25) is 0 Å². The lowest BCUT2D eigenvalue weighted by molar-refractivity contribution is 0.229. The van der Waals surface area contributed by atoms with Crippen molar-refractivity contribution in [2.45, 2.75) is 40.2 Å². The molecule has 0 fully saturated rings. The highest BCUT2D eigenvalue weighted by Gasteiger charge is 2.14. The number of carbonyl (C=O) groups excluding carboxylic acids is 1. The van der Waals surface area contributed by atoms with Crippen molar-refractivity contribution < 1.29 is 9.90 Å². The number of anilines is 1. The summed E-state index contributed by atoms with van der Waals surface area (Å²) in [6.07, 6.45) is 0.875. The van der Waals surface area contributed by atoms with E-state index >= 15 is 0 Å². The summed E-state index contributed by atoms with van der Waals surface area (Å²) in [6.45, 7) is 8.09. The summed E-state index contributed by atoms with van der Waals surface area (Å²) in [7, 11) is 0. The molecule has 0 saturated heterocycles. The second kappa shape index (κ2) is 6.15. The lowest BCUT2D eigenvalue weighted by atomic mass is 9.91. The van der Waals surface area contributed by atoms with Crippen molar-refractivity contribution in [2.24, 2.45) is 5.41 Å².